The molecule has 1 aromatic rings. The fourth-order valence-corrected chi connectivity index (χ4v) is 2.44. The van der Waals surface area contributed by atoms with Gasteiger partial charge in [0.2, 0.25) is 0 Å². The first-order chi connectivity index (χ1) is 10.8. The summed E-state index contributed by atoms with van der Waals surface area (Å²) in [7, 11) is 1.34. The van der Waals surface area contributed by atoms with E-state index in [0.29, 0.717) is 5.69 Å². The van der Waals surface area contributed by atoms with E-state index < -0.39 is 11.0 Å². The van der Waals surface area contributed by atoms with Crippen molar-refractivity contribution >= 4 is 17.7 Å². The SMILES string of the molecule is COC(=O)C(C)(C)C(C)(C)NC(=O)Nc1c(C)nn(C(C)C)c1C. The van der Waals surface area contributed by atoms with Crippen LogP contribution in [0.3, 0.4) is 0 Å². The molecule has 0 unspecified atom stereocenters. The van der Waals surface area contributed by atoms with Crippen LogP contribution in [0.1, 0.15) is 59.0 Å². The summed E-state index contributed by atoms with van der Waals surface area (Å²) < 4.78 is 6.71. The second-order valence-corrected chi connectivity index (χ2v) is 7.40. The number of hydrogen-bond donors (Lipinski definition) is 2. The number of carbonyl (C=O) groups is 2. The van der Waals surface area contributed by atoms with Gasteiger partial charge in [-0.2, -0.15) is 5.10 Å². The first-order valence-corrected chi connectivity index (χ1v) is 8.08. The van der Waals surface area contributed by atoms with E-state index in [2.05, 4.69) is 15.7 Å². The molecule has 0 aliphatic heterocycles. The molecule has 1 aromatic heterocycles. The third-order valence-electron chi connectivity index (χ3n) is 4.74. The largest absolute Gasteiger partial charge is 0.469 e. The van der Waals surface area contributed by atoms with Crippen molar-refractivity contribution in [3.8, 4) is 0 Å². The van der Waals surface area contributed by atoms with E-state index in [9.17, 15) is 9.59 Å². The minimum Gasteiger partial charge on any atom is -0.469 e. The fourth-order valence-electron chi connectivity index (χ4n) is 2.44. The summed E-state index contributed by atoms with van der Waals surface area (Å²) in [4.78, 5) is 24.5. The van der Waals surface area contributed by atoms with Gasteiger partial charge in [0, 0.05) is 6.04 Å². The summed E-state index contributed by atoms with van der Waals surface area (Å²) in [5.41, 5.74) is 0.641. The van der Waals surface area contributed by atoms with Crippen LogP contribution in [0.4, 0.5) is 10.5 Å². The van der Waals surface area contributed by atoms with Gasteiger partial charge in [-0.15, -0.1) is 0 Å². The number of aromatic nitrogens is 2. The number of esters is 1. The van der Waals surface area contributed by atoms with Gasteiger partial charge < -0.3 is 15.4 Å². The van der Waals surface area contributed by atoms with Gasteiger partial charge in [-0.05, 0) is 55.4 Å². The fraction of sp³-hybridized carbons (Fsp3) is 0.706. The molecule has 0 saturated heterocycles. The molecule has 1 rings (SSSR count). The van der Waals surface area contributed by atoms with Crippen LogP contribution in [0.5, 0.6) is 0 Å². The Morgan fingerprint density at radius 1 is 1.17 bits per heavy atom. The third kappa shape index (κ3) is 3.71. The molecule has 7 heteroatoms. The highest BCUT2D eigenvalue weighted by molar-refractivity contribution is 5.91. The molecule has 7 nitrogen and oxygen atoms in total. The molecule has 0 aliphatic rings. The van der Waals surface area contributed by atoms with Gasteiger partial charge in [0.25, 0.3) is 0 Å². The van der Waals surface area contributed by atoms with Crippen molar-refractivity contribution in [1.82, 2.24) is 15.1 Å². The third-order valence-corrected chi connectivity index (χ3v) is 4.74. The number of hydrogen-bond acceptors (Lipinski definition) is 4. The predicted molar refractivity (Wildman–Crippen MR) is 94.1 cm³/mol. The van der Waals surface area contributed by atoms with Gasteiger partial charge in [0.15, 0.2) is 0 Å². The molecule has 0 atom stereocenters. The molecular weight excluding hydrogens is 308 g/mol. The summed E-state index contributed by atoms with van der Waals surface area (Å²) in [5, 5.41) is 10.2. The monoisotopic (exact) mass is 338 g/mol. The maximum Gasteiger partial charge on any atom is 0.319 e. The smallest absolute Gasteiger partial charge is 0.319 e. The van der Waals surface area contributed by atoms with Crippen LogP contribution < -0.4 is 10.6 Å². The summed E-state index contributed by atoms with van der Waals surface area (Å²) in [6, 6.07) is -0.177. The van der Waals surface area contributed by atoms with Gasteiger partial charge in [-0.3, -0.25) is 9.48 Å². The molecule has 0 bridgehead atoms. The number of nitrogens with one attached hydrogen (secondary N) is 2. The summed E-state index contributed by atoms with van der Waals surface area (Å²) in [6.07, 6.45) is 0. The zero-order valence-corrected chi connectivity index (χ0v) is 16.2. The van der Waals surface area contributed by atoms with Crippen LogP contribution >= 0.6 is 0 Å². The molecule has 0 radical (unpaired) electrons. The van der Waals surface area contributed by atoms with Crippen LogP contribution in [-0.4, -0.2) is 34.4 Å². The van der Waals surface area contributed by atoms with Gasteiger partial charge in [-0.25, -0.2) is 4.79 Å². The molecule has 0 aliphatic carbocycles. The predicted octanol–water partition coefficient (Wildman–Crippen LogP) is 3.18. The minimum atomic E-state index is -0.884. The average Bonchev–Trinajstić information content (AvgIpc) is 2.73. The van der Waals surface area contributed by atoms with Crippen molar-refractivity contribution in [2.45, 2.75) is 67.0 Å². The van der Waals surface area contributed by atoms with Crippen molar-refractivity contribution in [2.75, 3.05) is 12.4 Å². The Morgan fingerprint density at radius 3 is 2.12 bits per heavy atom. The van der Waals surface area contributed by atoms with Crippen molar-refractivity contribution in [3.63, 3.8) is 0 Å². The Bertz CT molecular complexity index is 630. The van der Waals surface area contributed by atoms with E-state index in [1.165, 1.54) is 7.11 Å². The summed E-state index contributed by atoms with van der Waals surface area (Å²) in [5.74, 6) is -0.382. The zero-order chi connectivity index (χ0) is 18.9. The maximum atomic E-state index is 12.5. The number of methoxy groups -OCH3 is 1. The lowest BCUT2D eigenvalue weighted by molar-refractivity contribution is -0.154. The van der Waals surface area contributed by atoms with Crippen LogP contribution in [0.25, 0.3) is 0 Å². The highest BCUT2D eigenvalue weighted by Gasteiger charge is 2.45. The Hall–Kier alpha value is -2.05. The standard InChI is InChI=1S/C17H30N4O3/c1-10(2)21-12(4)13(11(3)20-21)18-15(23)19-17(7,8)16(5,6)14(22)24-9/h10H,1-9H3,(H2,18,19,23). The van der Waals surface area contributed by atoms with E-state index in [4.69, 9.17) is 4.74 Å². The van der Waals surface area contributed by atoms with Crippen molar-refractivity contribution in [3.05, 3.63) is 11.4 Å². The number of nitrogens with zero attached hydrogens (tertiary/aromatic N) is 2. The average molecular weight is 338 g/mol. The zero-order valence-electron chi connectivity index (χ0n) is 16.2. The molecule has 2 amide bonds. The van der Waals surface area contributed by atoms with Crippen molar-refractivity contribution in [1.29, 1.82) is 0 Å². The normalized spacial score (nSPS) is 12.2. The van der Waals surface area contributed by atoms with Crippen molar-refractivity contribution in [2.24, 2.45) is 5.41 Å². The van der Waals surface area contributed by atoms with E-state index in [-0.39, 0.29) is 18.0 Å². The molecule has 2 N–H and O–H groups in total. The lowest BCUT2D eigenvalue weighted by Gasteiger charge is -2.39. The lowest BCUT2D eigenvalue weighted by atomic mass is 9.74. The molecule has 0 aromatic carbocycles. The summed E-state index contributed by atoms with van der Waals surface area (Å²) >= 11 is 0. The second-order valence-electron chi connectivity index (χ2n) is 7.40. The molecule has 24 heavy (non-hydrogen) atoms. The Kier molecular flexibility index (Phi) is 5.69. The maximum absolute atomic E-state index is 12.5. The van der Waals surface area contributed by atoms with E-state index in [1.807, 2.05) is 32.4 Å². The molecule has 0 fully saturated rings. The van der Waals surface area contributed by atoms with Crippen LogP contribution in [0.15, 0.2) is 0 Å². The molecule has 1 heterocycles. The Labute approximate surface area is 144 Å². The topological polar surface area (TPSA) is 85.2 Å². The Morgan fingerprint density at radius 2 is 1.71 bits per heavy atom. The molecule has 0 saturated carbocycles. The van der Waals surface area contributed by atoms with E-state index in [0.717, 1.165) is 11.4 Å². The number of amides is 2. The van der Waals surface area contributed by atoms with E-state index >= 15 is 0 Å². The van der Waals surface area contributed by atoms with Gasteiger partial charge in [0.05, 0.1) is 35.1 Å². The van der Waals surface area contributed by atoms with Crippen LogP contribution in [0.2, 0.25) is 0 Å². The number of carbonyl (C=O) groups excluding carboxylic acids is 2. The van der Waals surface area contributed by atoms with Gasteiger partial charge in [0.1, 0.15) is 0 Å². The first kappa shape index (κ1) is 20.0. The Balaban J connectivity index is 2.96. The van der Waals surface area contributed by atoms with Crippen LogP contribution in [0, 0.1) is 19.3 Å². The van der Waals surface area contributed by atoms with Crippen molar-refractivity contribution < 1.29 is 14.3 Å². The number of aryl methyl sites for hydroxylation is 1. The number of anilines is 1. The lowest BCUT2D eigenvalue weighted by Crippen LogP contribution is -2.58. The quantitative estimate of drug-likeness (QED) is 0.808. The van der Waals surface area contributed by atoms with E-state index in [1.54, 1.807) is 27.7 Å². The molecule has 0 spiro atoms. The number of ether oxygens (including phenoxy) is 1. The summed E-state index contributed by atoms with van der Waals surface area (Å²) in [6.45, 7) is 14.9. The number of rotatable bonds is 5. The van der Waals surface area contributed by atoms with Gasteiger partial charge >= 0.3 is 12.0 Å². The molecular formula is C17H30N4O3. The number of urea groups is 1. The first-order valence-electron chi connectivity index (χ1n) is 8.08. The highest BCUT2D eigenvalue weighted by atomic mass is 16.5. The second kappa shape index (κ2) is 6.83. The minimum absolute atomic E-state index is 0.206. The highest BCUT2D eigenvalue weighted by Crippen LogP contribution is 2.32. The van der Waals surface area contributed by atoms with Crippen LogP contribution in [-0.2, 0) is 9.53 Å². The molecule has 136 valence electrons. The van der Waals surface area contributed by atoms with Gasteiger partial charge in [-0.1, -0.05) is 0 Å².